The predicted octanol–water partition coefficient (Wildman–Crippen LogP) is 3.99. The minimum atomic E-state index is 0.310. The lowest BCUT2D eigenvalue weighted by molar-refractivity contribution is 0.0172. The minimum Gasteiger partial charge on any atom is -0.379 e. The molecule has 1 N–H and O–H groups in total. The van der Waals surface area contributed by atoms with Gasteiger partial charge in [-0.15, -0.1) is 0 Å². The first kappa shape index (κ1) is 15.7. The van der Waals surface area contributed by atoms with Gasteiger partial charge in [0.1, 0.15) is 5.82 Å². The highest BCUT2D eigenvalue weighted by Gasteiger charge is 2.14. The Balaban J connectivity index is 1.44. The average Bonchev–Trinajstić information content (AvgIpc) is 3.05. The second-order valence-corrected chi connectivity index (χ2v) is 6.34. The van der Waals surface area contributed by atoms with Crippen LogP contribution in [0.4, 0.5) is 5.82 Å². The van der Waals surface area contributed by atoms with Crippen molar-refractivity contribution in [1.82, 2.24) is 4.98 Å². The van der Waals surface area contributed by atoms with E-state index in [0.29, 0.717) is 6.10 Å². The van der Waals surface area contributed by atoms with Crippen LogP contribution < -0.4 is 5.32 Å². The number of aromatic nitrogens is 1. The van der Waals surface area contributed by atoms with E-state index in [1.165, 1.54) is 5.39 Å². The van der Waals surface area contributed by atoms with E-state index in [0.717, 1.165) is 61.3 Å². The number of halogens is 1. The number of anilines is 1. The van der Waals surface area contributed by atoms with Crippen LogP contribution in [0, 0.1) is 0 Å². The van der Waals surface area contributed by atoms with Crippen LogP contribution in [0.2, 0.25) is 0 Å². The van der Waals surface area contributed by atoms with Gasteiger partial charge in [0, 0.05) is 41.2 Å². The summed E-state index contributed by atoms with van der Waals surface area (Å²) in [6, 6.07) is 8.19. The summed E-state index contributed by atoms with van der Waals surface area (Å²) in [5, 5.41) is 5.71. The van der Waals surface area contributed by atoms with E-state index in [9.17, 15) is 0 Å². The summed E-state index contributed by atoms with van der Waals surface area (Å²) in [5.41, 5.74) is 0. The highest BCUT2D eigenvalue weighted by Crippen LogP contribution is 2.27. The Morgan fingerprint density at radius 1 is 1.32 bits per heavy atom. The lowest BCUT2D eigenvalue weighted by Crippen LogP contribution is -2.15. The number of hydrogen-bond acceptors (Lipinski definition) is 4. The molecule has 2 heterocycles. The van der Waals surface area contributed by atoms with E-state index in [2.05, 4.69) is 32.3 Å². The zero-order chi connectivity index (χ0) is 15.2. The third-order valence-corrected chi connectivity index (χ3v) is 4.53. The summed E-state index contributed by atoms with van der Waals surface area (Å²) in [6.07, 6.45) is 5.40. The number of rotatable bonds is 7. The van der Waals surface area contributed by atoms with Crippen LogP contribution in [0.1, 0.15) is 19.3 Å². The zero-order valence-corrected chi connectivity index (χ0v) is 14.1. The number of benzene rings is 1. The first-order valence-corrected chi connectivity index (χ1v) is 8.60. The lowest BCUT2D eigenvalue weighted by Gasteiger charge is -2.11. The van der Waals surface area contributed by atoms with Crippen molar-refractivity contribution in [3.63, 3.8) is 0 Å². The molecular weight excluding hydrogens is 344 g/mol. The molecule has 1 aromatic heterocycles. The van der Waals surface area contributed by atoms with Crippen LogP contribution in [0.15, 0.2) is 34.9 Å². The van der Waals surface area contributed by atoms with Crippen LogP contribution >= 0.6 is 15.9 Å². The second kappa shape index (κ2) is 7.90. The molecule has 22 heavy (non-hydrogen) atoms. The largest absolute Gasteiger partial charge is 0.379 e. The molecule has 1 aromatic carbocycles. The van der Waals surface area contributed by atoms with Gasteiger partial charge in [-0.2, -0.15) is 0 Å². The molecule has 4 nitrogen and oxygen atoms in total. The second-order valence-electron chi connectivity index (χ2n) is 5.48. The van der Waals surface area contributed by atoms with Crippen LogP contribution in [0.5, 0.6) is 0 Å². The highest BCUT2D eigenvalue weighted by atomic mass is 79.9. The molecule has 1 atom stereocenters. The van der Waals surface area contributed by atoms with Crippen molar-refractivity contribution in [3.8, 4) is 0 Å². The smallest absolute Gasteiger partial charge is 0.133 e. The van der Waals surface area contributed by atoms with Crippen molar-refractivity contribution in [1.29, 1.82) is 0 Å². The quantitative estimate of drug-likeness (QED) is 0.754. The molecule has 2 aromatic rings. The van der Waals surface area contributed by atoms with Gasteiger partial charge in [0.05, 0.1) is 12.7 Å². The zero-order valence-electron chi connectivity index (χ0n) is 12.6. The molecule has 0 bridgehead atoms. The van der Waals surface area contributed by atoms with Gasteiger partial charge >= 0.3 is 0 Å². The van der Waals surface area contributed by atoms with E-state index >= 15 is 0 Å². The normalized spacial score (nSPS) is 18.0. The lowest BCUT2D eigenvalue weighted by atomic mass is 10.1. The Morgan fingerprint density at radius 2 is 2.27 bits per heavy atom. The Kier molecular flexibility index (Phi) is 5.64. The Morgan fingerprint density at radius 3 is 3.14 bits per heavy atom. The maximum absolute atomic E-state index is 5.67. The fourth-order valence-electron chi connectivity index (χ4n) is 2.68. The van der Waals surface area contributed by atoms with E-state index in [4.69, 9.17) is 9.47 Å². The average molecular weight is 365 g/mol. The molecular formula is C17H21BrN2O2. The van der Waals surface area contributed by atoms with E-state index in [1.807, 2.05) is 24.4 Å². The molecule has 1 saturated heterocycles. The van der Waals surface area contributed by atoms with Gasteiger partial charge in [0.2, 0.25) is 0 Å². The molecule has 0 unspecified atom stereocenters. The molecule has 1 fully saturated rings. The number of pyridine rings is 1. The Hall–Kier alpha value is -1.17. The van der Waals surface area contributed by atoms with Crippen molar-refractivity contribution < 1.29 is 9.47 Å². The highest BCUT2D eigenvalue weighted by molar-refractivity contribution is 9.10. The molecule has 1 aliphatic rings. The predicted molar refractivity (Wildman–Crippen MR) is 92.3 cm³/mol. The Labute approximate surface area is 139 Å². The maximum atomic E-state index is 5.67. The number of hydrogen-bond donors (Lipinski definition) is 1. The summed E-state index contributed by atoms with van der Waals surface area (Å²) in [5.74, 6) is 0.929. The molecule has 5 heteroatoms. The first-order chi connectivity index (χ1) is 10.8. The minimum absolute atomic E-state index is 0.310. The third-order valence-electron chi connectivity index (χ3n) is 3.84. The fraction of sp³-hybridized carbons (Fsp3) is 0.471. The van der Waals surface area contributed by atoms with Gasteiger partial charge in [-0.05, 0) is 31.4 Å². The molecule has 118 valence electrons. The first-order valence-electron chi connectivity index (χ1n) is 7.81. The summed E-state index contributed by atoms with van der Waals surface area (Å²) in [6.45, 7) is 3.21. The number of nitrogens with one attached hydrogen (secondary N) is 1. The van der Waals surface area contributed by atoms with Gasteiger partial charge < -0.3 is 14.8 Å². The number of ether oxygens (including phenoxy) is 2. The van der Waals surface area contributed by atoms with Crippen molar-refractivity contribution >= 4 is 32.5 Å². The van der Waals surface area contributed by atoms with Crippen LogP contribution in [0.3, 0.4) is 0 Å². The number of nitrogens with zero attached hydrogens (tertiary/aromatic N) is 1. The standard InChI is InChI=1S/C17H21BrN2O2/c18-16-6-1-5-15-14(16)7-9-20-17(15)19-8-3-10-21-12-13-4-2-11-22-13/h1,5-7,9,13H,2-4,8,10-12H2,(H,19,20)/t13-/m0/s1. The summed E-state index contributed by atoms with van der Waals surface area (Å²) >= 11 is 3.58. The van der Waals surface area contributed by atoms with Crippen LogP contribution in [-0.2, 0) is 9.47 Å². The monoisotopic (exact) mass is 364 g/mol. The SMILES string of the molecule is Brc1cccc2c(NCCCOC[C@@H]3CCCO3)nccc12. The van der Waals surface area contributed by atoms with Crippen molar-refractivity contribution in [2.24, 2.45) is 0 Å². The van der Waals surface area contributed by atoms with Gasteiger partial charge in [-0.25, -0.2) is 4.98 Å². The van der Waals surface area contributed by atoms with Crippen LogP contribution in [0.25, 0.3) is 10.8 Å². The van der Waals surface area contributed by atoms with Gasteiger partial charge in [0.15, 0.2) is 0 Å². The van der Waals surface area contributed by atoms with Crippen molar-refractivity contribution in [2.75, 3.05) is 31.7 Å². The maximum Gasteiger partial charge on any atom is 0.133 e. The summed E-state index contributed by atoms with van der Waals surface area (Å²) in [4.78, 5) is 4.44. The fourth-order valence-corrected chi connectivity index (χ4v) is 3.18. The molecule has 1 aliphatic heterocycles. The van der Waals surface area contributed by atoms with Gasteiger partial charge in [0.25, 0.3) is 0 Å². The van der Waals surface area contributed by atoms with Gasteiger partial charge in [-0.3, -0.25) is 0 Å². The van der Waals surface area contributed by atoms with Crippen molar-refractivity contribution in [2.45, 2.75) is 25.4 Å². The summed E-state index contributed by atoms with van der Waals surface area (Å²) in [7, 11) is 0. The van der Waals surface area contributed by atoms with Gasteiger partial charge in [-0.1, -0.05) is 28.1 Å². The van der Waals surface area contributed by atoms with E-state index < -0.39 is 0 Å². The number of fused-ring (bicyclic) bond motifs is 1. The van der Waals surface area contributed by atoms with E-state index in [-0.39, 0.29) is 0 Å². The summed E-state index contributed by atoms with van der Waals surface area (Å²) < 4.78 is 12.3. The molecule has 0 radical (unpaired) electrons. The Bertz CT molecular complexity index is 615. The third kappa shape index (κ3) is 3.97. The molecule has 0 spiro atoms. The van der Waals surface area contributed by atoms with Crippen LogP contribution in [-0.4, -0.2) is 37.5 Å². The molecule has 3 rings (SSSR count). The topological polar surface area (TPSA) is 43.4 Å². The van der Waals surface area contributed by atoms with Crippen molar-refractivity contribution in [3.05, 3.63) is 34.9 Å². The molecule has 0 amide bonds. The molecule has 0 aliphatic carbocycles. The molecule has 0 saturated carbocycles. The van der Waals surface area contributed by atoms with E-state index in [1.54, 1.807) is 0 Å².